The van der Waals surface area contributed by atoms with Crippen molar-refractivity contribution in [2.75, 3.05) is 64.8 Å². The van der Waals surface area contributed by atoms with E-state index >= 15 is 0 Å². The predicted molar refractivity (Wildman–Crippen MR) is 314 cm³/mol. The maximum atomic E-state index is 15.0. The number of ketones is 1. The number of amides is 2. The number of piperidine rings is 1. The number of rotatable bonds is 20. The molecule has 10 atom stereocenters. The van der Waals surface area contributed by atoms with Crippen LogP contribution in [-0.4, -0.2) is 162 Å². The number of likely N-dealkylation sites (tertiary alicyclic amines) is 1. The number of aliphatic hydroxyl groups is 1. The van der Waals surface area contributed by atoms with Crippen molar-refractivity contribution in [3.8, 4) is 17.2 Å². The Morgan fingerprint density at radius 1 is 0.976 bits per heavy atom. The van der Waals surface area contributed by atoms with Crippen LogP contribution in [0.3, 0.4) is 0 Å². The highest BCUT2D eigenvalue weighted by atomic mass is 31.1. The van der Waals surface area contributed by atoms with Crippen molar-refractivity contribution in [3.05, 3.63) is 58.0 Å². The van der Waals surface area contributed by atoms with Gasteiger partial charge in [-0.3, -0.25) is 33.6 Å². The number of alkyl carbamates (subject to hydrolysis) is 1. The minimum Gasteiger partial charge on any atom is -0.507 e. The van der Waals surface area contributed by atoms with Gasteiger partial charge in [-0.15, -0.1) is 0 Å². The maximum absolute atomic E-state index is 15.0. The number of unbranched alkanes of at least 4 members (excludes halogenated alkanes) is 2. The molecule has 5 aliphatic rings. The Labute approximate surface area is 493 Å². The van der Waals surface area contributed by atoms with Gasteiger partial charge in [0.1, 0.15) is 46.4 Å². The number of aliphatic hydroxyl groups excluding tert-OH is 1. The fourth-order valence-corrected chi connectivity index (χ4v) is 11.9. The molecule has 0 aromatic heterocycles. The predicted octanol–water partition coefficient (Wildman–Crippen LogP) is 7.16. The third-order valence-corrected chi connectivity index (χ3v) is 17.1. The molecular weight excluding hydrogens is 1100 g/mol. The molecule has 2 aromatic carbocycles. The van der Waals surface area contributed by atoms with Gasteiger partial charge in [-0.25, -0.2) is 9.79 Å². The zero-order valence-corrected chi connectivity index (χ0v) is 51.6. The normalized spacial score (nSPS) is 26.4. The van der Waals surface area contributed by atoms with Crippen molar-refractivity contribution in [3.63, 3.8) is 0 Å². The number of carbonyl (C=O) groups excluding carboxylic acids is 6. The number of phenols is 2. The molecule has 2 amide bonds. The topological polar surface area (TPSA) is 291 Å². The summed E-state index contributed by atoms with van der Waals surface area (Å²) in [6.07, 6.45) is 7.37. The van der Waals surface area contributed by atoms with Crippen molar-refractivity contribution in [2.45, 2.75) is 163 Å². The zero-order chi connectivity index (χ0) is 61.8. The van der Waals surface area contributed by atoms with Crippen LogP contribution in [0.5, 0.6) is 17.2 Å². The average molecular weight is 1190 g/mol. The van der Waals surface area contributed by atoms with Crippen LogP contribution < -0.4 is 26.1 Å². The molecule has 1 spiro atoms. The SMILES string of the molecule is CCCCOC(=O)NCCN(CCCCC(C=O)P=O)CC(=O)OC1C(C)C=C/C=C(/C)C(=O)N=c2c(O)c3c(O)c(C)c4c(c3c3c2=NC2(CCN(CC(C)C)CC2)N3)C(=O)C(C)(OC=CC(OC)C(C)C(OC(C)=O)C(C)C(O)C1C)O4. The Hall–Kier alpha value is -6.32. The molecule has 0 aliphatic carbocycles. The molecule has 5 heterocycles. The average Bonchev–Trinajstić information content (AvgIpc) is 1.80. The van der Waals surface area contributed by atoms with Crippen molar-refractivity contribution in [2.24, 2.45) is 39.6 Å². The summed E-state index contributed by atoms with van der Waals surface area (Å²) in [4.78, 5) is 94.1. The summed E-state index contributed by atoms with van der Waals surface area (Å²) in [5, 5.41) is 43.0. The number of nitrogens with zero attached hydrogens (tertiary/aromatic N) is 4. The molecule has 2 aromatic rings. The quantitative estimate of drug-likeness (QED) is 0.0219. The maximum Gasteiger partial charge on any atom is 0.407 e. The van der Waals surface area contributed by atoms with Crippen LogP contribution in [0.2, 0.25) is 0 Å². The summed E-state index contributed by atoms with van der Waals surface area (Å²) in [5.41, 5.74) is -1.05. The number of Topliss-reactive ketones (excluding diaryl/α,β-unsaturated/α-hetero) is 1. The van der Waals surface area contributed by atoms with Gasteiger partial charge in [0.15, 0.2) is 14.2 Å². The molecule has 84 heavy (non-hydrogen) atoms. The van der Waals surface area contributed by atoms with Gasteiger partial charge in [-0.05, 0) is 51.6 Å². The summed E-state index contributed by atoms with van der Waals surface area (Å²) in [6.45, 7) is 21.9. The Bertz CT molecular complexity index is 2970. The number of carbonyl (C=O) groups is 6. The number of anilines is 1. The van der Waals surface area contributed by atoms with Gasteiger partial charge in [-0.1, -0.05) is 79.5 Å². The lowest BCUT2D eigenvalue weighted by atomic mass is 9.78. The van der Waals surface area contributed by atoms with Crippen LogP contribution >= 0.6 is 8.46 Å². The monoisotopic (exact) mass is 1190 g/mol. The molecule has 5 bridgehead atoms. The molecule has 1 fully saturated rings. The Morgan fingerprint density at radius 2 is 1.68 bits per heavy atom. The lowest BCUT2D eigenvalue weighted by Crippen LogP contribution is -2.48. The van der Waals surface area contributed by atoms with Gasteiger partial charge in [-0.2, -0.15) is 0 Å². The van der Waals surface area contributed by atoms with Crippen LogP contribution in [0.25, 0.3) is 10.8 Å². The van der Waals surface area contributed by atoms with Gasteiger partial charge in [0, 0.05) is 107 Å². The van der Waals surface area contributed by atoms with Crippen molar-refractivity contribution >= 4 is 60.9 Å². The van der Waals surface area contributed by atoms with Crippen LogP contribution in [0, 0.1) is 36.5 Å². The molecule has 0 radical (unpaired) electrons. The highest BCUT2D eigenvalue weighted by Gasteiger charge is 2.51. The number of ether oxygens (including phenoxy) is 6. The first-order valence-electron chi connectivity index (χ1n) is 29.3. The first-order chi connectivity index (χ1) is 39.8. The Balaban J connectivity index is 1.44. The summed E-state index contributed by atoms with van der Waals surface area (Å²) in [5.74, 6) is -8.33. The van der Waals surface area contributed by atoms with E-state index in [1.54, 1.807) is 44.7 Å². The van der Waals surface area contributed by atoms with Gasteiger partial charge in [0.25, 0.3) is 11.7 Å². The van der Waals surface area contributed by atoms with E-state index in [4.69, 9.17) is 33.4 Å². The highest BCUT2D eigenvalue weighted by molar-refractivity contribution is 7.26. The molecule has 22 nitrogen and oxygen atoms in total. The summed E-state index contributed by atoms with van der Waals surface area (Å²) in [6, 6.07) is 0. The number of methoxy groups -OCH3 is 1. The van der Waals surface area contributed by atoms with E-state index in [1.165, 1.54) is 53.2 Å². The second-order valence-corrected chi connectivity index (χ2v) is 24.3. The van der Waals surface area contributed by atoms with E-state index < -0.39 is 106 Å². The van der Waals surface area contributed by atoms with E-state index in [0.717, 1.165) is 13.0 Å². The summed E-state index contributed by atoms with van der Waals surface area (Å²) >= 11 is 0. The first kappa shape index (κ1) is 66.8. The Morgan fingerprint density at radius 3 is 2.32 bits per heavy atom. The Kier molecular flexibility index (Phi) is 23.6. The molecule has 5 aliphatic heterocycles. The van der Waals surface area contributed by atoms with Gasteiger partial charge in [0.2, 0.25) is 0 Å². The van der Waals surface area contributed by atoms with Crippen LogP contribution in [0.4, 0.5) is 10.5 Å². The summed E-state index contributed by atoms with van der Waals surface area (Å²) < 4.78 is 47.5. The number of hydrogen-bond donors (Lipinski definition) is 5. The molecule has 0 saturated carbocycles. The zero-order valence-electron chi connectivity index (χ0n) is 50.7. The molecule has 23 heteroatoms. The van der Waals surface area contributed by atoms with E-state index in [2.05, 4.69) is 34.4 Å². The van der Waals surface area contributed by atoms with Crippen molar-refractivity contribution < 1.29 is 77.1 Å². The number of fused-ring (bicyclic) bond motifs is 13. The smallest absolute Gasteiger partial charge is 0.407 e. The highest BCUT2D eigenvalue weighted by Crippen LogP contribution is 2.51. The number of esters is 2. The minimum atomic E-state index is -2.03. The van der Waals surface area contributed by atoms with E-state index in [0.29, 0.717) is 70.4 Å². The summed E-state index contributed by atoms with van der Waals surface area (Å²) in [7, 11) is 1.16. The third kappa shape index (κ3) is 15.8. The van der Waals surface area contributed by atoms with Crippen LogP contribution in [-0.2, 0) is 47.4 Å². The number of benzene rings is 2. The fraction of sp³-hybridized carbons (Fsp3) is 0.639. The standard InChI is InChI=1S/C61H87N6O16P/c1-13-14-29-79-59(76)62-24-28-66(25-16-15-20-42(33-68)84-77)32-44(70)82-54-35(4)18-17-19-36(5)58(75)63-50-49-48(64-61(65-49)22-26-67(27-23-61)31-34(2)3)45-46(53(50)73)52(72)40(9)56-47(45)57(74)60(11,83-56)80-30-21-43(78-12)37(6)55(81-41(10)69)39(8)51(71)38(54)7/h17-19,21,30,33-35,37-39,42-43,51,54-55,64,71-73H,13-16,20,22-29,31-32H2,1-12H3,(H,62,76)/b18-17?,30-21?,36-19-,63-50?. The lowest BCUT2D eigenvalue weighted by molar-refractivity contribution is -0.166. The third-order valence-electron chi connectivity index (χ3n) is 16.4. The molecule has 5 N–H and O–H groups in total. The van der Waals surface area contributed by atoms with Crippen molar-refractivity contribution in [1.82, 2.24) is 15.1 Å². The number of allylic oxidation sites excluding steroid dienone is 2. The lowest BCUT2D eigenvalue weighted by Gasteiger charge is -2.39. The van der Waals surface area contributed by atoms with Gasteiger partial charge >= 0.3 is 23.8 Å². The second kappa shape index (κ2) is 29.7. The van der Waals surface area contributed by atoms with Crippen LogP contribution in [0.15, 0.2) is 46.1 Å². The van der Waals surface area contributed by atoms with E-state index in [1.807, 2.05) is 6.92 Å². The molecule has 7 rings (SSSR count). The number of phenolic OH excluding ortho intramolecular Hbond substituents is 2. The first-order valence-corrected chi connectivity index (χ1v) is 30.2. The fourth-order valence-electron chi connectivity index (χ4n) is 11.6. The number of nitrogens with one attached hydrogen (secondary N) is 2. The number of aromatic hydroxyl groups is 2. The van der Waals surface area contributed by atoms with E-state index in [-0.39, 0.29) is 84.3 Å². The van der Waals surface area contributed by atoms with Crippen molar-refractivity contribution in [1.29, 1.82) is 0 Å². The second-order valence-electron chi connectivity index (χ2n) is 23.4. The number of aldehydes is 1. The molecule has 1 saturated heterocycles. The molecular formula is C61H87N6O16P. The van der Waals surface area contributed by atoms with Gasteiger partial charge in [0.05, 0.1) is 53.9 Å². The minimum absolute atomic E-state index is 0.0131. The van der Waals surface area contributed by atoms with E-state index in [9.17, 15) is 48.7 Å². The molecule has 462 valence electrons. The molecule has 10 unspecified atom stereocenters. The van der Waals surface area contributed by atoms with Crippen LogP contribution in [0.1, 0.15) is 130 Å². The van der Waals surface area contributed by atoms with Gasteiger partial charge < -0.3 is 64.1 Å². The largest absolute Gasteiger partial charge is 0.507 e. The number of hydrogen-bond acceptors (Lipinski definition) is 20.